The molecule has 3 rings (SSSR count). The lowest BCUT2D eigenvalue weighted by Gasteiger charge is -2.15. The second kappa shape index (κ2) is 9.43. The van der Waals surface area contributed by atoms with Gasteiger partial charge in [0, 0.05) is 19.4 Å². The van der Waals surface area contributed by atoms with Crippen LogP contribution in [0.1, 0.15) is 65.0 Å². The molecule has 2 heterocycles. The molecule has 6 heteroatoms. The van der Waals surface area contributed by atoms with Crippen molar-refractivity contribution in [2.45, 2.75) is 58.5 Å². The number of Topliss-reactive ketones (excluding diaryl/α,β-unsaturated/α-hetero) is 2. The van der Waals surface area contributed by atoms with Gasteiger partial charge in [0.15, 0.2) is 5.78 Å². The minimum absolute atomic E-state index is 0.0926. The molecule has 0 spiro atoms. The van der Waals surface area contributed by atoms with E-state index in [0.29, 0.717) is 24.1 Å². The van der Waals surface area contributed by atoms with Gasteiger partial charge in [0.05, 0.1) is 17.0 Å². The van der Waals surface area contributed by atoms with Gasteiger partial charge in [-0.05, 0) is 43.5 Å². The quantitative estimate of drug-likeness (QED) is 0.642. The lowest BCUT2D eigenvalue weighted by atomic mass is 9.95. The van der Waals surface area contributed by atoms with Crippen molar-refractivity contribution in [2.24, 2.45) is 0 Å². The Bertz CT molecular complexity index is 823. The van der Waals surface area contributed by atoms with Crippen molar-refractivity contribution < 1.29 is 14.3 Å². The Morgan fingerprint density at radius 3 is 2.71 bits per heavy atom. The van der Waals surface area contributed by atoms with Gasteiger partial charge in [-0.15, -0.1) is 11.3 Å². The van der Waals surface area contributed by atoms with Crippen LogP contribution in [0.25, 0.3) is 0 Å². The topological polar surface area (TPSA) is 68.3 Å². The molecule has 0 radical (unpaired) electrons. The Balaban J connectivity index is 1.60. The monoisotopic (exact) mass is 400 g/mol. The Kier molecular flexibility index (Phi) is 6.97. The predicted molar refractivity (Wildman–Crippen MR) is 112 cm³/mol. The molecule has 1 saturated heterocycles. The highest BCUT2D eigenvalue weighted by molar-refractivity contribution is 7.14. The Labute approximate surface area is 170 Å². The Morgan fingerprint density at radius 2 is 2.07 bits per heavy atom. The first-order valence-corrected chi connectivity index (χ1v) is 10.8. The van der Waals surface area contributed by atoms with Crippen molar-refractivity contribution in [3.63, 3.8) is 0 Å². The third-order valence-corrected chi connectivity index (χ3v) is 6.29. The van der Waals surface area contributed by atoms with Crippen LogP contribution in [0.5, 0.6) is 5.75 Å². The summed E-state index contributed by atoms with van der Waals surface area (Å²) in [4.78, 5) is 29.5. The molecule has 1 aromatic carbocycles. The third kappa shape index (κ3) is 5.26. The molecule has 0 aliphatic carbocycles. The van der Waals surface area contributed by atoms with E-state index in [0.717, 1.165) is 41.5 Å². The van der Waals surface area contributed by atoms with Crippen LogP contribution >= 0.6 is 11.3 Å². The van der Waals surface area contributed by atoms with Crippen LogP contribution in [0.3, 0.4) is 0 Å². The fourth-order valence-corrected chi connectivity index (χ4v) is 4.41. The van der Waals surface area contributed by atoms with Gasteiger partial charge in [-0.1, -0.05) is 26.0 Å². The van der Waals surface area contributed by atoms with Crippen molar-refractivity contribution in [3.05, 3.63) is 45.4 Å². The number of aryl methyl sites for hydroxylation is 1. The minimum Gasteiger partial charge on any atom is -0.489 e. The molecule has 1 fully saturated rings. The number of nitrogens with zero attached hydrogens (tertiary/aromatic N) is 1. The summed E-state index contributed by atoms with van der Waals surface area (Å²) in [6.45, 7) is 7.66. The smallest absolute Gasteiger partial charge is 0.175 e. The normalized spacial score (nSPS) is 17.5. The van der Waals surface area contributed by atoms with Gasteiger partial charge in [-0.25, -0.2) is 4.98 Å². The summed E-state index contributed by atoms with van der Waals surface area (Å²) in [5.74, 6) is 1.23. The number of benzene rings is 1. The molecule has 0 bridgehead atoms. The number of ether oxygens (including phenoxy) is 1. The Morgan fingerprint density at radius 1 is 1.32 bits per heavy atom. The van der Waals surface area contributed by atoms with Crippen LogP contribution in [0.15, 0.2) is 24.3 Å². The average molecular weight is 401 g/mol. The zero-order chi connectivity index (χ0) is 20.1. The maximum absolute atomic E-state index is 12.8. The van der Waals surface area contributed by atoms with Crippen LogP contribution < -0.4 is 10.1 Å². The van der Waals surface area contributed by atoms with Gasteiger partial charge in [-0.3, -0.25) is 9.59 Å². The molecule has 1 aliphatic heterocycles. The summed E-state index contributed by atoms with van der Waals surface area (Å²) >= 11 is 1.36. The molecule has 1 aromatic heterocycles. The van der Waals surface area contributed by atoms with E-state index in [1.54, 1.807) is 0 Å². The fraction of sp³-hybridized carbons (Fsp3) is 0.500. The number of hydrogen-bond acceptors (Lipinski definition) is 6. The number of nitrogens with one attached hydrogen (secondary N) is 1. The van der Waals surface area contributed by atoms with E-state index in [-0.39, 0.29) is 23.6 Å². The van der Waals surface area contributed by atoms with E-state index < -0.39 is 0 Å². The van der Waals surface area contributed by atoms with Crippen molar-refractivity contribution in [2.75, 3.05) is 13.1 Å². The van der Waals surface area contributed by atoms with Gasteiger partial charge >= 0.3 is 0 Å². The summed E-state index contributed by atoms with van der Waals surface area (Å²) in [5.41, 5.74) is 1.85. The van der Waals surface area contributed by atoms with Gasteiger partial charge in [-0.2, -0.15) is 0 Å². The molecule has 2 aromatic rings. The number of hydrogen-bond donors (Lipinski definition) is 1. The molecule has 150 valence electrons. The van der Waals surface area contributed by atoms with Crippen LogP contribution in [0, 0.1) is 6.92 Å². The lowest BCUT2D eigenvalue weighted by Crippen LogP contribution is -2.19. The fourth-order valence-electron chi connectivity index (χ4n) is 3.37. The standard InChI is InChI=1S/C22H28N2O3S/c1-4-17(25)12-21-24-15(3)22(28-21)20(26)11-14(2)16-5-7-18(8-6-16)27-19-9-10-23-13-19/h5-8,14,19,23H,4,9-13H2,1-3H3/t14-,19-/m1/s1. The third-order valence-electron chi connectivity index (χ3n) is 5.10. The predicted octanol–water partition coefficient (Wildman–Crippen LogP) is 4.09. The first-order valence-electron chi connectivity index (χ1n) is 9.94. The van der Waals surface area contributed by atoms with Crippen LogP contribution in [0.4, 0.5) is 0 Å². The van der Waals surface area contributed by atoms with Gasteiger partial charge < -0.3 is 10.1 Å². The van der Waals surface area contributed by atoms with Crippen LogP contribution in [-0.4, -0.2) is 35.7 Å². The summed E-state index contributed by atoms with van der Waals surface area (Å²) in [6.07, 6.45) is 2.52. The molecule has 0 saturated carbocycles. The van der Waals surface area contributed by atoms with E-state index in [9.17, 15) is 9.59 Å². The number of rotatable bonds is 9. The maximum atomic E-state index is 12.8. The molecular formula is C22H28N2O3S. The van der Waals surface area contributed by atoms with Gasteiger partial charge in [0.2, 0.25) is 0 Å². The number of ketones is 2. The molecule has 1 N–H and O–H groups in total. The van der Waals surface area contributed by atoms with E-state index in [4.69, 9.17) is 4.74 Å². The van der Waals surface area contributed by atoms with Crippen molar-refractivity contribution in [1.82, 2.24) is 10.3 Å². The lowest BCUT2D eigenvalue weighted by molar-refractivity contribution is -0.118. The van der Waals surface area contributed by atoms with E-state index >= 15 is 0 Å². The zero-order valence-electron chi connectivity index (χ0n) is 16.8. The zero-order valence-corrected chi connectivity index (χ0v) is 17.6. The summed E-state index contributed by atoms with van der Waals surface area (Å²) in [6, 6.07) is 8.06. The highest BCUT2D eigenvalue weighted by atomic mass is 32.1. The Hall–Kier alpha value is -2.05. The number of aromatic nitrogens is 1. The van der Waals surface area contributed by atoms with E-state index in [2.05, 4.69) is 17.2 Å². The summed E-state index contributed by atoms with van der Waals surface area (Å²) < 4.78 is 5.96. The second-order valence-electron chi connectivity index (χ2n) is 7.42. The molecule has 0 amide bonds. The molecule has 5 nitrogen and oxygen atoms in total. The number of carbonyl (C=O) groups excluding carboxylic acids is 2. The summed E-state index contributed by atoms with van der Waals surface area (Å²) in [5, 5.41) is 4.03. The number of thiazole rings is 1. The van der Waals surface area contributed by atoms with Crippen molar-refractivity contribution in [3.8, 4) is 5.75 Å². The van der Waals surface area contributed by atoms with Crippen molar-refractivity contribution >= 4 is 22.9 Å². The SMILES string of the molecule is CCC(=O)Cc1nc(C)c(C(=O)C[C@@H](C)c2ccc(O[C@@H]3CCNC3)cc2)s1. The molecular weight excluding hydrogens is 372 g/mol. The van der Waals surface area contributed by atoms with Crippen molar-refractivity contribution in [1.29, 1.82) is 0 Å². The summed E-state index contributed by atoms with van der Waals surface area (Å²) in [7, 11) is 0. The second-order valence-corrected chi connectivity index (χ2v) is 8.50. The molecule has 0 unspecified atom stereocenters. The van der Waals surface area contributed by atoms with Gasteiger partial charge in [0.25, 0.3) is 0 Å². The maximum Gasteiger partial charge on any atom is 0.175 e. The average Bonchev–Trinajstić information content (AvgIpc) is 3.31. The first-order chi connectivity index (χ1) is 13.5. The van der Waals surface area contributed by atoms with E-state index in [1.807, 2.05) is 38.1 Å². The first kappa shape index (κ1) is 20.7. The molecule has 28 heavy (non-hydrogen) atoms. The largest absolute Gasteiger partial charge is 0.489 e. The highest BCUT2D eigenvalue weighted by Gasteiger charge is 2.20. The number of carbonyl (C=O) groups is 2. The molecule has 2 atom stereocenters. The minimum atomic E-state index is 0.0926. The highest BCUT2D eigenvalue weighted by Crippen LogP contribution is 2.27. The van der Waals surface area contributed by atoms with Crippen LogP contribution in [0.2, 0.25) is 0 Å². The molecule has 1 aliphatic rings. The van der Waals surface area contributed by atoms with E-state index in [1.165, 1.54) is 11.3 Å². The van der Waals surface area contributed by atoms with Gasteiger partial charge in [0.1, 0.15) is 22.6 Å². The van der Waals surface area contributed by atoms with Crippen LogP contribution in [-0.2, 0) is 11.2 Å².